The minimum atomic E-state index is -0.286. The maximum absolute atomic E-state index is 13.0. The normalized spacial score (nSPS) is 10.2. The van der Waals surface area contributed by atoms with Gasteiger partial charge < -0.3 is 10.6 Å². The van der Waals surface area contributed by atoms with E-state index in [2.05, 4.69) is 26.6 Å². The molecule has 0 fully saturated rings. The molecule has 0 aromatic heterocycles. The Morgan fingerprint density at radius 2 is 2.05 bits per heavy atom. The number of hydrogen-bond acceptors (Lipinski definition) is 2. The van der Waals surface area contributed by atoms with Crippen molar-refractivity contribution in [1.82, 2.24) is 0 Å². The number of amides is 1. The lowest BCUT2D eigenvalue weighted by molar-refractivity contribution is -0.114. The lowest BCUT2D eigenvalue weighted by Gasteiger charge is -2.10. The SMILES string of the molecule is Cc1cc(F)ccc1NCC(=O)Nc1cccc(Br)c1. The van der Waals surface area contributed by atoms with Gasteiger partial charge in [-0.25, -0.2) is 4.39 Å². The van der Waals surface area contributed by atoms with Crippen LogP contribution in [0.15, 0.2) is 46.9 Å². The van der Waals surface area contributed by atoms with Crippen LogP contribution in [0.1, 0.15) is 5.56 Å². The summed E-state index contributed by atoms with van der Waals surface area (Å²) in [5, 5.41) is 5.76. The number of anilines is 2. The molecule has 2 rings (SSSR count). The second-order valence-electron chi connectivity index (χ2n) is 4.37. The van der Waals surface area contributed by atoms with Crippen LogP contribution >= 0.6 is 15.9 Å². The van der Waals surface area contributed by atoms with Gasteiger partial charge in [-0.2, -0.15) is 0 Å². The number of benzene rings is 2. The number of rotatable bonds is 4. The summed E-state index contributed by atoms with van der Waals surface area (Å²) in [5.74, 6) is -0.446. The van der Waals surface area contributed by atoms with E-state index < -0.39 is 0 Å². The lowest BCUT2D eigenvalue weighted by atomic mass is 10.2. The third kappa shape index (κ3) is 4.06. The van der Waals surface area contributed by atoms with Crippen LogP contribution in [0.2, 0.25) is 0 Å². The summed E-state index contributed by atoms with van der Waals surface area (Å²) < 4.78 is 13.9. The van der Waals surface area contributed by atoms with Gasteiger partial charge in [0.25, 0.3) is 0 Å². The summed E-state index contributed by atoms with van der Waals surface area (Å²) in [7, 11) is 0. The van der Waals surface area contributed by atoms with E-state index in [0.29, 0.717) is 0 Å². The summed E-state index contributed by atoms with van der Waals surface area (Å²) >= 11 is 3.34. The van der Waals surface area contributed by atoms with Gasteiger partial charge in [-0.3, -0.25) is 4.79 Å². The molecule has 0 heterocycles. The van der Waals surface area contributed by atoms with Gasteiger partial charge in [0.1, 0.15) is 5.82 Å². The Labute approximate surface area is 125 Å². The molecular weight excluding hydrogens is 323 g/mol. The van der Waals surface area contributed by atoms with Crippen molar-refractivity contribution in [2.24, 2.45) is 0 Å². The molecule has 5 heteroatoms. The maximum atomic E-state index is 13.0. The number of carbonyl (C=O) groups excluding carboxylic acids is 1. The fourth-order valence-corrected chi connectivity index (χ4v) is 2.17. The van der Waals surface area contributed by atoms with Crippen LogP contribution in [0, 0.1) is 12.7 Å². The van der Waals surface area contributed by atoms with Gasteiger partial charge >= 0.3 is 0 Å². The molecule has 2 aromatic rings. The molecule has 0 radical (unpaired) electrons. The molecule has 0 unspecified atom stereocenters. The highest BCUT2D eigenvalue weighted by molar-refractivity contribution is 9.10. The van der Waals surface area contributed by atoms with Crippen LogP contribution in [-0.4, -0.2) is 12.5 Å². The quantitative estimate of drug-likeness (QED) is 0.887. The molecule has 0 atom stereocenters. The van der Waals surface area contributed by atoms with Crippen molar-refractivity contribution in [2.45, 2.75) is 6.92 Å². The third-order valence-corrected chi connectivity index (χ3v) is 3.23. The predicted octanol–water partition coefficient (Wildman–Crippen LogP) is 3.95. The van der Waals surface area contributed by atoms with Crippen LogP contribution in [-0.2, 0) is 4.79 Å². The van der Waals surface area contributed by atoms with Gasteiger partial charge in [0.05, 0.1) is 6.54 Å². The van der Waals surface area contributed by atoms with Crippen molar-refractivity contribution in [2.75, 3.05) is 17.2 Å². The number of halogens is 2. The number of aryl methyl sites for hydroxylation is 1. The highest BCUT2D eigenvalue weighted by Gasteiger charge is 2.04. The van der Waals surface area contributed by atoms with Gasteiger partial charge in [0.2, 0.25) is 5.91 Å². The maximum Gasteiger partial charge on any atom is 0.243 e. The third-order valence-electron chi connectivity index (χ3n) is 2.74. The van der Waals surface area contributed by atoms with Crippen molar-refractivity contribution >= 4 is 33.2 Å². The van der Waals surface area contributed by atoms with E-state index in [1.54, 1.807) is 13.0 Å². The number of nitrogens with one attached hydrogen (secondary N) is 2. The summed E-state index contributed by atoms with van der Waals surface area (Å²) in [4.78, 5) is 11.8. The summed E-state index contributed by atoms with van der Waals surface area (Å²) in [6.07, 6.45) is 0. The van der Waals surface area contributed by atoms with Gasteiger partial charge in [0, 0.05) is 15.8 Å². The van der Waals surface area contributed by atoms with E-state index in [-0.39, 0.29) is 18.3 Å². The average molecular weight is 337 g/mol. The Kier molecular flexibility index (Phi) is 4.74. The van der Waals surface area contributed by atoms with Crippen molar-refractivity contribution < 1.29 is 9.18 Å². The van der Waals surface area contributed by atoms with Gasteiger partial charge in [-0.05, 0) is 48.9 Å². The van der Waals surface area contributed by atoms with E-state index in [1.807, 2.05) is 24.3 Å². The first-order valence-corrected chi connectivity index (χ1v) is 6.89. The molecule has 20 heavy (non-hydrogen) atoms. The first-order chi connectivity index (χ1) is 9.54. The molecule has 0 aliphatic heterocycles. The van der Waals surface area contributed by atoms with Crippen molar-refractivity contribution in [3.8, 4) is 0 Å². The Morgan fingerprint density at radius 1 is 1.25 bits per heavy atom. The number of hydrogen-bond donors (Lipinski definition) is 2. The Hall–Kier alpha value is -1.88. The summed E-state index contributed by atoms with van der Waals surface area (Å²) in [6.45, 7) is 1.91. The van der Waals surface area contributed by atoms with Crippen LogP contribution in [0.4, 0.5) is 15.8 Å². The molecule has 0 spiro atoms. The lowest BCUT2D eigenvalue weighted by Crippen LogP contribution is -2.22. The molecule has 0 aliphatic carbocycles. The van der Waals surface area contributed by atoms with Crippen LogP contribution in [0.5, 0.6) is 0 Å². The van der Waals surface area contributed by atoms with Crippen LogP contribution < -0.4 is 10.6 Å². The Morgan fingerprint density at radius 3 is 2.75 bits per heavy atom. The van der Waals surface area contributed by atoms with E-state index in [9.17, 15) is 9.18 Å². The predicted molar refractivity (Wildman–Crippen MR) is 82.4 cm³/mol. The zero-order valence-electron chi connectivity index (χ0n) is 10.9. The largest absolute Gasteiger partial charge is 0.376 e. The highest BCUT2D eigenvalue weighted by Crippen LogP contribution is 2.17. The number of carbonyl (C=O) groups is 1. The van der Waals surface area contributed by atoms with E-state index >= 15 is 0 Å². The fraction of sp³-hybridized carbons (Fsp3) is 0.133. The Bertz CT molecular complexity index is 631. The van der Waals surface area contributed by atoms with Gasteiger partial charge in [-0.15, -0.1) is 0 Å². The van der Waals surface area contributed by atoms with Crippen LogP contribution in [0.25, 0.3) is 0 Å². The highest BCUT2D eigenvalue weighted by atomic mass is 79.9. The minimum Gasteiger partial charge on any atom is -0.376 e. The average Bonchev–Trinajstić information content (AvgIpc) is 2.37. The summed E-state index contributed by atoms with van der Waals surface area (Å²) in [5.41, 5.74) is 2.23. The Balaban J connectivity index is 1.92. The smallest absolute Gasteiger partial charge is 0.243 e. The van der Waals surface area contributed by atoms with E-state index in [0.717, 1.165) is 21.4 Å². The van der Waals surface area contributed by atoms with Gasteiger partial charge in [-0.1, -0.05) is 22.0 Å². The zero-order chi connectivity index (χ0) is 14.5. The molecule has 104 valence electrons. The fourth-order valence-electron chi connectivity index (χ4n) is 1.77. The molecule has 1 amide bonds. The van der Waals surface area contributed by atoms with E-state index in [1.165, 1.54) is 12.1 Å². The first kappa shape index (κ1) is 14.5. The van der Waals surface area contributed by atoms with Crippen molar-refractivity contribution in [3.05, 3.63) is 58.3 Å². The van der Waals surface area contributed by atoms with Crippen molar-refractivity contribution in [3.63, 3.8) is 0 Å². The first-order valence-electron chi connectivity index (χ1n) is 6.10. The molecule has 0 saturated carbocycles. The molecule has 0 bridgehead atoms. The monoisotopic (exact) mass is 336 g/mol. The van der Waals surface area contributed by atoms with E-state index in [4.69, 9.17) is 0 Å². The molecule has 3 nitrogen and oxygen atoms in total. The van der Waals surface area contributed by atoms with Crippen LogP contribution in [0.3, 0.4) is 0 Å². The standard InChI is InChI=1S/C15H14BrFN2O/c1-10-7-12(17)5-6-14(10)18-9-15(20)19-13-4-2-3-11(16)8-13/h2-8,18H,9H2,1H3,(H,19,20). The topological polar surface area (TPSA) is 41.1 Å². The molecular formula is C15H14BrFN2O. The van der Waals surface area contributed by atoms with Crippen molar-refractivity contribution in [1.29, 1.82) is 0 Å². The second kappa shape index (κ2) is 6.52. The molecule has 2 aromatic carbocycles. The van der Waals surface area contributed by atoms with Gasteiger partial charge in [0.15, 0.2) is 0 Å². The summed E-state index contributed by atoms with van der Waals surface area (Å²) in [6, 6.07) is 11.8. The minimum absolute atomic E-state index is 0.124. The molecule has 2 N–H and O–H groups in total. The second-order valence-corrected chi connectivity index (χ2v) is 5.29. The molecule has 0 aliphatic rings. The zero-order valence-corrected chi connectivity index (χ0v) is 12.5. The molecule has 0 saturated heterocycles.